The number of carbonyl (C=O) groups excluding carboxylic acids is 1. The van der Waals surface area contributed by atoms with Crippen LogP contribution in [0.1, 0.15) is 12.6 Å². The minimum Gasteiger partial charge on any atom is -0.298 e. The van der Waals surface area contributed by atoms with Crippen molar-refractivity contribution in [3.05, 3.63) is 15.5 Å². The molecule has 0 bridgehead atoms. The lowest BCUT2D eigenvalue weighted by atomic mass is 10.4. The van der Waals surface area contributed by atoms with Crippen LogP contribution in [0, 0.1) is 10.5 Å². The topological polar surface area (TPSA) is 34.9 Å². The first-order valence-electron chi connectivity index (χ1n) is 3.28. The van der Waals surface area contributed by atoms with Gasteiger partial charge >= 0.3 is 0 Å². The summed E-state index contributed by atoms with van der Waals surface area (Å²) in [7, 11) is 0. The second-order valence-electron chi connectivity index (χ2n) is 2.44. The zero-order valence-corrected chi connectivity index (χ0v) is 8.62. The number of halogens is 1. The second kappa shape index (κ2) is 3.34. The molecule has 0 amide bonds. The van der Waals surface area contributed by atoms with Gasteiger partial charge in [0.15, 0.2) is 5.78 Å². The van der Waals surface area contributed by atoms with E-state index in [2.05, 4.69) is 27.7 Å². The molecule has 0 aromatic carbocycles. The van der Waals surface area contributed by atoms with Crippen molar-refractivity contribution < 1.29 is 4.79 Å². The molecule has 1 heterocycles. The molecule has 0 N–H and O–H groups in total. The minimum atomic E-state index is 0.132. The Hall–Kier alpha value is -0.390. The molecule has 0 radical (unpaired) electrons. The average molecular weight is 264 g/mol. The number of rotatable bonds is 2. The first-order chi connectivity index (χ1) is 5.11. The maximum atomic E-state index is 10.7. The Kier molecular flexibility index (Phi) is 2.64. The van der Waals surface area contributed by atoms with Crippen LogP contribution in [0.4, 0.5) is 0 Å². The van der Waals surface area contributed by atoms with Gasteiger partial charge in [0.05, 0.1) is 16.3 Å². The summed E-state index contributed by atoms with van der Waals surface area (Å²) >= 11 is 2.20. The summed E-state index contributed by atoms with van der Waals surface area (Å²) in [5.41, 5.74) is 1.06. The van der Waals surface area contributed by atoms with Crippen molar-refractivity contribution in [1.29, 1.82) is 0 Å². The van der Waals surface area contributed by atoms with Gasteiger partial charge < -0.3 is 0 Å². The first kappa shape index (κ1) is 8.70. The van der Waals surface area contributed by atoms with Gasteiger partial charge in [0, 0.05) is 5.69 Å². The van der Waals surface area contributed by atoms with Gasteiger partial charge in [0.1, 0.15) is 0 Å². The Morgan fingerprint density at radius 2 is 2.45 bits per heavy atom. The maximum absolute atomic E-state index is 10.7. The van der Waals surface area contributed by atoms with Gasteiger partial charge in [-0.2, -0.15) is 5.10 Å². The summed E-state index contributed by atoms with van der Waals surface area (Å²) < 4.78 is 2.81. The highest BCUT2D eigenvalue weighted by Crippen LogP contribution is 2.09. The molecule has 1 rings (SSSR count). The maximum Gasteiger partial charge on any atom is 0.151 e. The summed E-state index contributed by atoms with van der Waals surface area (Å²) in [5, 5.41) is 4.04. The summed E-state index contributed by atoms with van der Waals surface area (Å²) in [4.78, 5) is 10.7. The minimum absolute atomic E-state index is 0.132. The molecule has 0 atom stereocenters. The molecule has 11 heavy (non-hydrogen) atoms. The van der Waals surface area contributed by atoms with Gasteiger partial charge in [-0.3, -0.25) is 9.48 Å². The van der Waals surface area contributed by atoms with Gasteiger partial charge in [-0.1, -0.05) is 0 Å². The van der Waals surface area contributed by atoms with Crippen LogP contribution in [-0.4, -0.2) is 15.6 Å². The van der Waals surface area contributed by atoms with Crippen LogP contribution in [0.3, 0.4) is 0 Å². The Balaban J connectivity index is 2.87. The standard InChI is InChI=1S/C7H9IN2O/c1-5(11)4-10-6(2)7(8)3-9-10/h3H,4H2,1-2H3. The third-order valence-electron chi connectivity index (χ3n) is 1.42. The number of carbonyl (C=O) groups is 1. The number of aromatic nitrogens is 2. The lowest BCUT2D eigenvalue weighted by molar-refractivity contribution is -0.117. The predicted molar refractivity (Wildman–Crippen MR) is 50.4 cm³/mol. The summed E-state index contributed by atoms with van der Waals surface area (Å²) in [6.45, 7) is 3.90. The molecule has 0 aliphatic rings. The Bertz CT molecular complexity index is 280. The van der Waals surface area contributed by atoms with Gasteiger partial charge in [-0.15, -0.1) is 0 Å². The molecule has 0 fully saturated rings. The van der Waals surface area contributed by atoms with Crippen LogP contribution in [0.25, 0.3) is 0 Å². The van der Waals surface area contributed by atoms with Gasteiger partial charge in [-0.25, -0.2) is 0 Å². The lowest BCUT2D eigenvalue weighted by Gasteiger charge is -1.99. The Labute approximate surface area is 78.9 Å². The summed E-state index contributed by atoms with van der Waals surface area (Å²) in [5.74, 6) is 0.132. The van der Waals surface area contributed by atoms with E-state index in [1.165, 1.54) is 0 Å². The van der Waals surface area contributed by atoms with E-state index in [-0.39, 0.29) is 5.78 Å². The van der Waals surface area contributed by atoms with Crippen LogP contribution >= 0.6 is 22.6 Å². The normalized spacial score (nSPS) is 10.1. The molecule has 0 aliphatic heterocycles. The zero-order valence-electron chi connectivity index (χ0n) is 6.47. The van der Waals surface area contributed by atoms with Gasteiger partial charge in [-0.05, 0) is 36.4 Å². The zero-order chi connectivity index (χ0) is 8.43. The molecule has 3 nitrogen and oxygen atoms in total. The van der Waals surface area contributed by atoms with Gasteiger partial charge in [0.25, 0.3) is 0 Å². The van der Waals surface area contributed by atoms with Crippen LogP contribution in [0.2, 0.25) is 0 Å². The third-order valence-corrected chi connectivity index (χ3v) is 2.47. The molecule has 4 heteroatoms. The quantitative estimate of drug-likeness (QED) is 0.756. The molecule has 1 aromatic heterocycles. The van der Waals surface area contributed by atoms with Crippen molar-refractivity contribution in [1.82, 2.24) is 9.78 Å². The Morgan fingerprint density at radius 1 is 1.82 bits per heavy atom. The average Bonchev–Trinajstić information content (AvgIpc) is 2.18. The fraction of sp³-hybridized carbons (Fsp3) is 0.429. The van der Waals surface area contributed by atoms with Crippen LogP contribution < -0.4 is 0 Å². The molecular weight excluding hydrogens is 255 g/mol. The van der Waals surface area contributed by atoms with Gasteiger partial charge in [0.2, 0.25) is 0 Å². The number of Topliss-reactive ketones (excluding diaryl/α,β-unsaturated/α-hetero) is 1. The molecule has 60 valence electrons. The van der Waals surface area contributed by atoms with E-state index in [1.807, 2.05) is 6.92 Å². The van der Waals surface area contributed by atoms with Crippen molar-refractivity contribution in [3.8, 4) is 0 Å². The van der Waals surface area contributed by atoms with E-state index in [0.29, 0.717) is 6.54 Å². The summed E-state index contributed by atoms with van der Waals surface area (Å²) in [6.07, 6.45) is 1.76. The molecule has 0 aliphatic carbocycles. The van der Waals surface area contributed by atoms with Crippen molar-refractivity contribution in [2.75, 3.05) is 0 Å². The molecule has 0 saturated carbocycles. The highest BCUT2D eigenvalue weighted by Gasteiger charge is 2.03. The number of nitrogens with zero attached hydrogens (tertiary/aromatic N) is 2. The van der Waals surface area contributed by atoms with E-state index in [4.69, 9.17) is 0 Å². The van der Waals surface area contributed by atoms with Crippen molar-refractivity contribution in [3.63, 3.8) is 0 Å². The van der Waals surface area contributed by atoms with Crippen molar-refractivity contribution in [2.24, 2.45) is 0 Å². The van der Waals surface area contributed by atoms with Crippen LogP contribution in [-0.2, 0) is 11.3 Å². The number of hydrogen-bond donors (Lipinski definition) is 0. The molecular formula is C7H9IN2O. The number of ketones is 1. The monoisotopic (exact) mass is 264 g/mol. The summed E-state index contributed by atoms with van der Waals surface area (Å²) in [6, 6.07) is 0. The second-order valence-corrected chi connectivity index (χ2v) is 3.60. The number of hydrogen-bond acceptors (Lipinski definition) is 2. The molecule has 0 unspecified atom stereocenters. The van der Waals surface area contributed by atoms with E-state index >= 15 is 0 Å². The Morgan fingerprint density at radius 3 is 2.82 bits per heavy atom. The smallest absolute Gasteiger partial charge is 0.151 e. The highest BCUT2D eigenvalue weighted by atomic mass is 127. The van der Waals surface area contributed by atoms with E-state index < -0.39 is 0 Å². The SMILES string of the molecule is CC(=O)Cn1ncc(I)c1C. The largest absolute Gasteiger partial charge is 0.298 e. The first-order valence-corrected chi connectivity index (χ1v) is 4.36. The predicted octanol–water partition coefficient (Wildman–Crippen LogP) is 1.39. The van der Waals surface area contributed by atoms with E-state index in [1.54, 1.807) is 17.8 Å². The molecule has 0 spiro atoms. The lowest BCUT2D eigenvalue weighted by Crippen LogP contribution is -2.09. The fourth-order valence-corrected chi connectivity index (χ4v) is 1.20. The third kappa shape index (κ3) is 2.02. The van der Waals surface area contributed by atoms with E-state index in [9.17, 15) is 4.79 Å². The highest BCUT2D eigenvalue weighted by molar-refractivity contribution is 14.1. The van der Waals surface area contributed by atoms with Crippen molar-refractivity contribution in [2.45, 2.75) is 20.4 Å². The van der Waals surface area contributed by atoms with Crippen LogP contribution in [0.15, 0.2) is 6.20 Å². The molecule has 1 aromatic rings. The van der Waals surface area contributed by atoms with Crippen LogP contribution in [0.5, 0.6) is 0 Å². The van der Waals surface area contributed by atoms with Crippen molar-refractivity contribution >= 4 is 28.4 Å². The molecule has 0 saturated heterocycles. The fourth-order valence-electron chi connectivity index (χ4n) is 0.794. The van der Waals surface area contributed by atoms with E-state index in [0.717, 1.165) is 9.26 Å².